The fraction of sp³-hybridized carbons (Fsp3) is 0.150. The molecule has 1 aromatic heterocycles. The summed E-state index contributed by atoms with van der Waals surface area (Å²) in [7, 11) is 0. The Kier molecular flexibility index (Phi) is 4.93. The van der Waals surface area contributed by atoms with Crippen molar-refractivity contribution in [3.05, 3.63) is 76.3 Å². The van der Waals surface area contributed by atoms with Gasteiger partial charge in [0.25, 0.3) is 5.56 Å². The van der Waals surface area contributed by atoms with E-state index < -0.39 is 11.4 Å². The molecule has 0 saturated carbocycles. The van der Waals surface area contributed by atoms with Gasteiger partial charge in [-0.05, 0) is 38.1 Å². The molecule has 1 heterocycles. The van der Waals surface area contributed by atoms with Crippen molar-refractivity contribution in [2.75, 3.05) is 5.32 Å². The zero-order valence-corrected chi connectivity index (χ0v) is 14.5. The Bertz CT molecular complexity index is 1010. The monoisotopic (exact) mass is 351 g/mol. The van der Waals surface area contributed by atoms with Crippen molar-refractivity contribution in [1.82, 2.24) is 9.78 Å². The summed E-state index contributed by atoms with van der Waals surface area (Å²) in [6.45, 7) is 3.47. The second-order valence-corrected chi connectivity index (χ2v) is 5.78. The average Bonchev–Trinajstić information content (AvgIpc) is 2.63. The van der Waals surface area contributed by atoms with Gasteiger partial charge >= 0.3 is 0 Å². The standard InChI is InChI=1S/C20H18FN3O2/c1-3-24-20(26)19(22-16-10-5-4-6-11-16)17(13(2)25)18(23-24)14-8-7-9-15(21)12-14/h4-12,22H,3H2,1-2H3. The number of Topliss-reactive ketones (excluding diaryl/α,β-unsaturated/α-hetero) is 1. The van der Waals surface area contributed by atoms with Gasteiger partial charge in [-0.25, -0.2) is 9.07 Å². The number of ketones is 1. The van der Waals surface area contributed by atoms with Crippen LogP contribution in [0.5, 0.6) is 0 Å². The number of rotatable bonds is 5. The van der Waals surface area contributed by atoms with Crippen LogP contribution in [0.4, 0.5) is 15.8 Å². The summed E-state index contributed by atoms with van der Waals surface area (Å²) in [6.07, 6.45) is 0. The molecular weight excluding hydrogens is 333 g/mol. The summed E-state index contributed by atoms with van der Waals surface area (Å²) >= 11 is 0. The van der Waals surface area contributed by atoms with Crippen molar-refractivity contribution in [1.29, 1.82) is 0 Å². The summed E-state index contributed by atoms with van der Waals surface area (Å²) in [5, 5.41) is 7.34. The molecular formula is C20H18FN3O2. The largest absolute Gasteiger partial charge is 0.350 e. The maximum Gasteiger partial charge on any atom is 0.291 e. The molecule has 0 unspecified atom stereocenters. The normalized spacial score (nSPS) is 10.6. The van der Waals surface area contributed by atoms with Gasteiger partial charge in [-0.1, -0.05) is 30.3 Å². The van der Waals surface area contributed by atoms with Crippen LogP contribution in [0.2, 0.25) is 0 Å². The molecule has 0 atom stereocenters. The minimum absolute atomic E-state index is 0.139. The first-order valence-corrected chi connectivity index (χ1v) is 8.25. The van der Waals surface area contributed by atoms with E-state index in [1.54, 1.807) is 31.2 Å². The van der Waals surface area contributed by atoms with Gasteiger partial charge in [-0.3, -0.25) is 9.59 Å². The van der Waals surface area contributed by atoms with Crippen molar-refractivity contribution < 1.29 is 9.18 Å². The number of nitrogens with one attached hydrogen (secondary N) is 1. The van der Waals surface area contributed by atoms with E-state index in [4.69, 9.17) is 0 Å². The Labute approximate surface area is 150 Å². The van der Waals surface area contributed by atoms with E-state index >= 15 is 0 Å². The summed E-state index contributed by atoms with van der Waals surface area (Å²) < 4.78 is 15.0. The van der Waals surface area contributed by atoms with Crippen LogP contribution in [0.25, 0.3) is 11.3 Å². The average molecular weight is 351 g/mol. The predicted molar refractivity (Wildman–Crippen MR) is 99.3 cm³/mol. The number of para-hydroxylation sites is 1. The lowest BCUT2D eigenvalue weighted by Gasteiger charge is -2.16. The topological polar surface area (TPSA) is 64.0 Å². The van der Waals surface area contributed by atoms with E-state index in [1.165, 1.54) is 23.7 Å². The quantitative estimate of drug-likeness (QED) is 0.705. The highest BCUT2D eigenvalue weighted by Gasteiger charge is 2.22. The van der Waals surface area contributed by atoms with E-state index in [2.05, 4.69) is 10.4 Å². The Morgan fingerprint density at radius 3 is 2.50 bits per heavy atom. The molecule has 3 rings (SSSR count). The first-order chi connectivity index (χ1) is 12.5. The van der Waals surface area contributed by atoms with Gasteiger partial charge in [-0.2, -0.15) is 5.10 Å². The van der Waals surface area contributed by atoms with Crippen molar-refractivity contribution in [3.63, 3.8) is 0 Å². The Morgan fingerprint density at radius 1 is 1.15 bits per heavy atom. The molecule has 3 aromatic rings. The first-order valence-electron chi connectivity index (χ1n) is 8.25. The van der Waals surface area contributed by atoms with E-state index in [-0.39, 0.29) is 22.7 Å². The van der Waals surface area contributed by atoms with Crippen LogP contribution in [0.1, 0.15) is 24.2 Å². The fourth-order valence-electron chi connectivity index (χ4n) is 2.75. The highest BCUT2D eigenvalue weighted by Crippen LogP contribution is 2.28. The van der Waals surface area contributed by atoms with Crippen molar-refractivity contribution in [3.8, 4) is 11.3 Å². The molecule has 0 aliphatic heterocycles. The lowest BCUT2D eigenvalue weighted by atomic mass is 10.0. The third-order valence-corrected chi connectivity index (χ3v) is 3.95. The molecule has 5 nitrogen and oxygen atoms in total. The summed E-state index contributed by atoms with van der Waals surface area (Å²) in [5.41, 5.74) is 1.27. The number of carbonyl (C=O) groups is 1. The van der Waals surface area contributed by atoms with Crippen LogP contribution in [0.3, 0.4) is 0 Å². The molecule has 0 fully saturated rings. The third-order valence-electron chi connectivity index (χ3n) is 3.95. The molecule has 132 valence electrons. The van der Waals surface area contributed by atoms with Gasteiger partial charge < -0.3 is 5.32 Å². The molecule has 26 heavy (non-hydrogen) atoms. The van der Waals surface area contributed by atoms with E-state index in [9.17, 15) is 14.0 Å². The third kappa shape index (κ3) is 3.39. The highest BCUT2D eigenvalue weighted by molar-refractivity contribution is 6.05. The Hall–Kier alpha value is -3.28. The van der Waals surface area contributed by atoms with Crippen LogP contribution in [-0.4, -0.2) is 15.6 Å². The van der Waals surface area contributed by atoms with Crippen LogP contribution < -0.4 is 10.9 Å². The predicted octanol–water partition coefficient (Wildman–Crippen LogP) is 4.02. The van der Waals surface area contributed by atoms with Crippen LogP contribution in [0, 0.1) is 5.82 Å². The number of hydrogen-bond donors (Lipinski definition) is 1. The summed E-state index contributed by atoms with van der Waals surface area (Å²) in [4.78, 5) is 25.2. The molecule has 0 aliphatic carbocycles. The SMILES string of the molecule is CCn1nc(-c2cccc(F)c2)c(C(C)=O)c(Nc2ccccc2)c1=O. The Balaban J connectivity index is 2.29. The van der Waals surface area contributed by atoms with Crippen LogP contribution in [-0.2, 0) is 6.54 Å². The molecule has 6 heteroatoms. The van der Waals surface area contributed by atoms with Gasteiger partial charge in [0.2, 0.25) is 0 Å². The zero-order chi connectivity index (χ0) is 18.7. The highest BCUT2D eigenvalue weighted by atomic mass is 19.1. The number of nitrogens with zero attached hydrogens (tertiary/aromatic N) is 2. The van der Waals surface area contributed by atoms with Gasteiger partial charge in [0, 0.05) is 17.8 Å². The maximum absolute atomic E-state index is 13.7. The number of halogens is 1. The number of aromatic nitrogens is 2. The fourth-order valence-corrected chi connectivity index (χ4v) is 2.75. The number of anilines is 2. The molecule has 1 N–H and O–H groups in total. The lowest BCUT2D eigenvalue weighted by Crippen LogP contribution is -2.28. The van der Waals surface area contributed by atoms with Crippen LogP contribution in [0.15, 0.2) is 59.4 Å². The van der Waals surface area contributed by atoms with Gasteiger partial charge in [0.1, 0.15) is 17.2 Å². The second-order valence-electron chi connectivity index (χ2n) is 5.78. The Morgan fingerprint density at radius 2 is 1.88 bits per heavy atom. The molecule has 0 amide bonds. The van der Waals surface area contributed by atoms with E-state index in [0.717, 1.165) is 0 Å². The first kappa shape index (κ1) is 17.5. The summed E-state index contributed by atoms with van der Waals surface area (Å²) in [6, 6.07) is 14.9. The minimum atomic E-state index is -0.439. The molecule has 0 spiro atoms. The van der Waals surface area contributed by atoms with Gasteiger partial charge in [-0.15, -0.1) is 0 Å². The smallest absolute Gasteiger partial charge is 0.291 e. The minimum Gasteiger partial charge on any atom is -0.350 e. The number of hydrogen-bond acceptors (Lipinski definition) is 4. The number of carbonyl (C=O) groups excluding carboxylic acids is 1. The zero-order valence-electron chi connectivity index (χ0n) is 14.5. The maximum atomic E-state index is 13.7. The van der Waals surface area contributed by atoms with Crippen molar-refractivity contribution in [2.24, 2.45) is 0 Å². The molecule has 0 bridgehead atoms. The van der Waals surface area contributed by atoms with Crippen molar-refractivity contribution >= 4 is 17.2 Å². The van der Waals surface area contributed by atoms with Gasteiger partial charge in [0.05, 0.1) is 5.56 Å². The van der Waals surface area contributed by atoms with Crippen molar-refractivity contribution in [2.45, 2.75) is 20.4 Å². The lowest BCUT2D eigenvalue weighted by molar-refractivity contribution is 0.101. The number of aryl methyl sites for hydroxylation is 1. The molecule has 2 aromatic carbocycles. The summed E-state index contributed by atoms with van der Waals surface area (Å²) in [5.74, 6) is -0.763. The molecule has 0 aliphatic rings. The molecule has 0 radical (unpaired) electrons. The second kappa shape index (κ2) is 7.31. The number of benzene rings is 2. The molecule has 0 saturated heterocycles. The van der Waals surface area contributed by atoms with Crippen LogP contribution >= 0.6 is 0 Å². The van der Waals surface area contributed by atoms with E-state index in [1.807, 2.05) is 18.2 Å². The van der Waals surface area contributed by atoms with Gasteiger partial charge in [0.15, 0.2) is 5.78 Å². The van der Waals surface area contributed by atoms with E-state index in [0.29, 0.717) is 17.8 Å².